The van der Waals surface area contributed by atoms with Crippen LogP contribution in [0.15, 0.2) is 60.7 Å². The summed E-state index contributed by atoms with van der Waals surface area (Å²) < 4.78 is 0. The predicted molar refractivity (Wildman–Crippen MR) is 100 cm³/mol. The van der Waals surface area contributed by atoms with Gasteiger partial charge in [0.05, 0.1) is 22.5 Å². The topological polar surface area (TPSA) is 127 Å². The molecule has 6 N–H and O–H groups in total. The molecule has 0 unspecified atom stereocenters. The second-order valence-electron chi connectivity index (χ2n) is 5.72. The molecule has 0 heterocycles. The molecule has 6 nitrogen and oxygen atoms in total. The second kappa shape index (κ2) is 6.60. The van der Waals surface area contributed by atoms with Gasteiger partial charge in [-0.15, -0.1) is 0 Å². The Kier molecular flexibility index (Phi) is 4.33. The number of benzene rings is 3. The van der Waals surface area contributed by atoms with Crippen molar-refractivity contribution < 1.29 is 19.8 Å². The van der Waals surface area contributed by atoms with Crippen LogP contribution in [0.25, 0.3) is 22.3 Å². The van der Waals surface area contributed by atoms with Gasteiger partial charge >= 0.3 is 11.9 Å². The van der Waals surface area contributed by atoms with Gasteiger partial charge < -0.3 is 21.7 Å². The van der Waals surface area contributed by atoms with E-state index in [0.29, 0.717) is 11.1 Å². The summed E-state index contributed by atoms with van der Waals surface area (Å²) in [7, 11) is 0. The molecule has 130 valence electrons. The number of carboxylic acids is 2. The summed E-state index contributed by atoms with van der Waals surface area (Å²) in [6, 6.07) is 16.8. The maximum absolute atomic E-state index is 11.2. The van der Waals surface area contributed by atoms with Crippen molar-refractivity contribution in [2.45, 2.75) is 0 Å². The fourth-order valence-corrected chi connectivity index (χ4v) is 2.84. The molecule has 0 aliphatic rings. The Balaban J connectivity index is 2.03. The molecule has 0 aliphatic heterocycles. The van der Waals surface area contributed by atoms with Gasteiger partial charge in [-0.05, 0) is 23.3 Å². The number of aromatic carboxylic acids is 2. The molecular weight excluding hydrogens is 332 g/mol. The van der Waals surface area contributed by atoms with Gasteiger partial charge in [-0.2, -0.15) is 0 Å². The highest BCUT2D eigenvalue weighted by atomic mass is 16.4. The quantitative estimate of drug-likeness (QED) is 0.534. The molecule has 3 aromatic carbocycles. The predicted octanol–water partition coefficient (Wildman–Crippen LogP) is 3.58. The van der Waals surface area contributed by atoms with Crippen molar-refractivity contribution in [2.24, 2.45) is 0 Å². The van der Waals surface area contributed by atoms with Crippen molar-refractivity contribution in [2.75, 3.05) is 11.5 Å². The fourth-order valence-electron chi connectivity index (χ4n) is 2.84. The zero-order valence-electron chi connectivity index (χ0n) is 13.6. The van der Waals surface area contributed by atoms with Gasteiger partial charge in [-0.1, -0.05) is 48.5 Å². The first-order valence-electron chi connectivity index (χ1n) is 7.74. The summed E-state index contributed by atoms with van der Waals surface area (Å²) in [5.74, 6) is -2.17. The van der Waals surface area contributed by atoms with Crippen molar-refractivity contribution in [3.8, 4) is 22.3 Å². The second-order valence-corrected chi connectivity index (χ2v) is 5.72. The SMILES string of the molecule is Nc1c(C(=O)O)cccc1-c1ccc(-c2cccc(C(=O)O)c2N)cc1. The lowest BCUT2D eigenvalue weighted by molar-refractivity contribution is 0.0687. The van der Waals surface area contributed by atoms with Crippen LogP contribution >= 0.6 is 0 Å². The smallest absolute Gasteiger partial charge is 0.337 e. The van der Waals surface area contributed by atoms with Crippen LogP contribution in [-0.4, -0.2) is 22.2 Å². The van der Waals surface area contributed by atoms with Crippen molar-refractivity contribution >= 4 is 23.3 Å². The first-order valence-corrected chi connectivity index (χ1v) is 7.74. The van der Waals surface area contributed by atoms with E-state index in [1.807, 2.05) is 0 Å². The monoisotopic (exact) mass is 348 g/mol. The molecule has 0 bridgehead atoms. The highest BCUT2D eigenvalue weighted by Gasteiger charge is 2.14. The number of carboxylic acid groups (broad SMARTS) is 2. The van der Waals surface area contributed by atoms with Crippen molar-refractivity contribution in [1.82, 2.24) is 0 Å². The van der Waals surface area contributed by atoms with Crippen LogP contribution in [0.4, 0.5) is 11.4 Å². The van der Waals surface area contributed by atoms with Crippen LogP contribution in [-0.2, 0) is 0 Å². The molecule has 0 aliphatic carbocycles. The lowest BCUT2D eigenvalue weighted by atomic mass is 9.96. The molecule has 0 radical (unpaired) electrons. The van der Waals surface area contributed by atoms with Crippen LogP contribution in [0.5, 0.6) is 0 Å². The number of nitrogens with two attached hydrogens (primary N) is 2. The Morgan fingerprint density at radius 1 is 0.615 bits per heavy atom. The first kappa shape index (κ1) is 17.0. The summed E-state index contributed by atoms with van der Waals surface area (Å²) in [4.78, 5) is 22.5. The summed E-state index contributed by atoms with van der Waals surface area (Å²) in [5.41, 5.74) is 15.2. The molecule has 0 saturated heterocycles. The third kappa shape index (κ3) is 2.95. The van der Waals surface area contributed by atoms with E-state index >= 15 is 0 Å². The van der Waals surface area contributed by atoms with E-state index in [1.54, 1.807) is 48.5 Å². The third-order valence-electron chi connectivity index (χ3n) is 4.18. The standard InChI is InChI=1S/C20H16N2O4/c21-17-13(3-1-5-15(17)19(23)24)11-7-9-12(10-8-11)14-4-2-6-16(18(14)22)20(25)26/h1-10H,21-22H2,(H,23,24)(H,25,26). The number of hydrogen-bond donors (Lipinski definition) is 4. The van der Waals surface area contributed by atoms with E-state index < -0.39 is 11.9 Å². The number of anilines is 2. The molecule has 0 saturated carbocycles. The van der Waals surface area contributed by atoms with Crippen molar-refractivity contribution in [3.63, 3.8) is 0 Å². The molecule has 0 aromatic heterocycles. The summed E-state index contributed by atoms with van der Waals surface area (Å²) >= 11 is 0. The van der Waals surface area contributed by atoms with Crippen molar-refractivity contribution in [1.29, 1.82) is 0 Å². The van der Waals surface area contributed by atoms with Crippen molar-refractivity contribution in [3.05, 3.63) is 71.8 Å². The lowest BCUT2D eigenvalue weighted by Crippen LogP contribution is -2.04. The van der Waals surface area contributed by atoms with Gasteiger partial charge in [-0.25, -0.2) is 9.59 Å². The Morgan fingerprint density at radius 3 is 1.27 bits per heavy atom. The Hall–Kier alpha value is -3.80. The average molecular weight is 348 g/mol. The molecule has 0 fully saturated rings. The molecule has 0 amide bonds. The zero-order chi connectivity index (χ0) is 18.8. The third-order valence-corrected chi connectivity index (χ3v) is 4.18. The Morgan fingerprint density at radius 2 is 0.962 bits per heavy atom. The van der Waals surface area contributed by atoms with Crippen LogP contribution in [0.2, 0.25) is 0 Å². The Bertz CT molecular complexity index is 928. The van der Waals surface area contributed by atoms with E-state index in [-0.39, 0.29) is 22.5 Å². The van der Waals surface area contributed by atoms with E-state index in [9.17, 15) is 19.8 Å². The number of para-hydroxylation sites is 2. The number of nitrogen functional groups attached to an aromatic ring is 2. The van der Waals surface area contributed by atoms with Crippen LogP contribution in [0, 0.1) is 0 Å². The minimum Gasteiger partial charge on any atom is -0.478 e. The van der Waals surface area contributed by atoms with Crippen LogP contribution in [0.3, 0.4) is 0 Å². The highest BCUT2D eigenvalue weighted by Crippen LogP contribution is 2.33. The zero-order valence-corrected chi connectivity index (χ0v) is 13.6. The number of carbonyl (C=O) groups is 2. The lowest BCUT2D eigenvalue weighted by Gasteiger charge is -2.11. The van der Waals surface area contributed by atoms with Crippen LogP contribution in [0.1, 0.15) is 20.7 Å². The first-order chi connectivity index (χ1) is 12.4. The average Bonchev–Trinajstić information content (AvgIpc) is 2.62. The number of rotatable bonds is 4. The molecule has 26 heavy (non-hydrogen) atoms. The highest BCUT2D eigenvalue weighted by molar-refractivity contribution is 5.99. The normalized spacial score (nSPS) is 10.5. The summed E-state index contributed by atoms with van der Waals surface area (Å²) in [6.45, 7) is 0. The minimum atomic E-state index is -1.08. The molecule has 0 atom stereocenters. The van der Waals surface area contributed by atoms with E-state index in [0.717, 1.165) is 11.1 Å². The van der Waals surface area contributed by atoms with Gasteiger partial charge in [0.2, 0.25) is 0 Å². The largest absolute Gasteiger partial charge is 0.478 e. The maximum atomic E-state index is 11.2. The molecule has 3 rings (SSSR count). The molecule has 6 heteroatoms. The van der Waals surface area contributed by atoms with E-state index in [2.05, 4.69) is 0 Å². The van der Waals surface area contributed by atoms with Gasteiger partial charge in [0, 0.05) is 11.1 Å². The molecule has 0 spiro atoms. The summed E-state index contributed by atoms with van der Waals surface area (Å²) in [6.07, 6.45) is 0. The maximum Gasteiger partial charge on any atom is 0.337 e. The summed E-state index contributed by atoms with van der Waals surface area (Å²) in [5, 5.41) is 18.4. The Labute approximate surface area is 149 Å². The van der Waals surface area contributed by atoms with Gasteiger partial charge in [-0.3, -0.25) is 0 Å². The van der Waals surface area contributed by atoms with Gasteiger partial charge in [0.25, 0.3) is 0 Å². The number of hydrogen-bond acceptors (Lipinski definition) is 4. The molecule has 3 aromatic rings. The van der Waals surface area contributed by atoms with E-state index in [4.69, 9.17) is 11.5 Å². The van der Waals surface area contributed by atoms with Gasteiger partial charge in [0.1, 0.15) is 0 Å². The van der Waals surface area contributed by atoms with Crippen LogP contribution < -0.4 is 11.5 Å². The fraction of sp³-hybridized carbons (Fsp3) is 0. The van der Waals surface area contributed by atoms with E-state index in [1.165, 1.54) is 12.1 Å². The minimum absolute atomic E-state index is 0.0463. The molecular formula is C20H16N2O4. The van der Waals surface area contributed by atoms with Gasteiger partial charge in [0.15, 0.2) is 0 Å².